The van der Waals surface area contributed by atoms with Crippen LogP contribution in [0.2, 0.25) is 0 Å². The van der Waals surface area contributed by atoms with Crippen LogP contribution in [-0.2, 0) is 11.2 Å². The lowest BCUT2D eigenvalue weighted by Crippen LogP contribution is -2.38. The van der Waals surface area contributed by atoms with Crippen LogP contribution in [0.15, 0.2) is 36.4 Å². The number of aryl methyl sites for hydroxylation is 1. The van der Waals surface area contributed by atoms with Gasteiger partial charge in [-0.25, -0.2) is 9.18 Å². The van der Waals surface area contributed by atoms with Gasteiger partial charge in [-0.1, -0.05) is 25.3 Å². The molecule has 0 unspecified atom stereocenters. The summed E-state index contributed by atoms with van der Waals surface area (Å²) in [5, 5.41) is 0. The Morgan fingerprint density at radius 3 is 2.70 bits per heavy atom. The summed E-state index contributed by atoms with van der Waals surface area (Å²) >= 11 is 0. The number of cyclic esters (lactones) is 1. The highest BCUT2D eigenvalue weighted by molar-refractivity contribution is 5.93. The van der Waals surface area contributed by atoms with E-state index in [-0.39, 0.29) is 5.75 Å². The summed E-state index contributed by atoms with van der Waals surface area (Å²) in [5.41, 5.74) is 1.31. The molecule has 0 amide bonds. The molecule has 0 saturated heterocycles. The van der Waals surface area contributed by atoms with Crippen LogP contribution in [0.25, 0.3) is 0 Å². The fourth-order valence-corrected chi connectivity index (χ4v) is 3.29. The second-order valence-electron chi connectivity index (χ2n) is 7.75. The van der Waals surface area contributed by atoms with E-state index >= 15 is 0 Å². The van der Waals surface area contributed by atoms with Crippen molar-refractivity contribution in [1.82, 2.24) is 0 Å². The van der Waals surface area contributed by atoms with E-state index in [2.05, 4.69) is 0 Å². The molecule has 0 atom stereocenters. The Morgan fingerprint density at radius 2 is 1.96 bits per heavy atom. The van der Waals surface area contributed by atoms with E-state index in [1.165, 1.54) is 25.3 Å². The molecule has 142 valence electrons. The Labute approximate surface area is 158 Å². The maximum absolute atomic E-state index is 14.4. The number of hydrogen-bond donors (Lipinski definition) is 0. The summed E-state index contributed by atoms with van der Waals surface area (Å²) in [6.07, 6.45) is 5.91. The Hall–Kier alpha value is -2.56. The molecule has 5 heteroatoms. The van der Waals surface area contributed by atoms with Crippen molar-refractivity contribution in [1.29, 1.82) is 0 Å². The molecule has 27 heavy (non-hydrogen) atoms. The highest BCUT2D eigenvalue weighted by Crippen LogP contribution is 2.36. The van der Waals surface area contributed by atoms with E-state index in [0.717, 1.165) is 24.3 Å². The zero-order valence-electron chi connectivity index (χ0n) is 15.6. The number of hydrogen-bond acceptors (Lipinski definition) is 4. The number of rotatable bonds is 6. The van der Waals surface area contributed by atoms with E-state index in [1.807, 2.05) is 6.07 Å². The van der Waals surface area contributed by atoms with Gasteiger partial charge in [0.25, 0.3) is 0 Å². The quantitative estimate of drug-likeness (QED) is 0.618. The Bertz CT molecular complexity index is 871. The smallest absolute Gasteiger partial charge is 0.345 e. The summed E-state index contributed by atoms with van der Waals surface area (Å²) in [4.78, 5) is 12.0. The van der Waals surface area contributed by atoms with E-state index in [4.69, 9.17) is 14.2 Å². The molecule has 2 aromatic rings. The van der Waals surface area contributed by atoms with Gasteiger partial charge in [-0.3, -0.25) is 0 Å². The van der Waals surface area contributed by atoms with Gasteiger partial charge in [-0.05, 0) is 48.6 Å². The average Bonchev–Trinajstić information content (AvgIpc) is 3.40. The number of ether oxygens (including phenoxy) is 3. The Balaban J connectivity index is 1.46. The molecule has 0 aromatic heterocycles. The predicted octanol–water partition coefficient (Wildman–Crippen LogP) is 5.64. The molecule has 2 aliphatic rings. The van der Waals surface area contributed by atoms with Gasteiger partial charge >= 0.3 is 5.97 Å². The number of halogens is 1. The van der Waals surface area contributed by atoms with E-state index < -0.39 is 17.6 Å². The van der Waals surface area contributed by atoms with Gasteiger partial charge in [0.2, 0.25) is 5.79 Å². The fraction of sp³-hybridized carbons (Fsp3) is 0.409. The van der Waals surface area contributed by atoms with Crippen LogP contribution in [0.1, 0.15) is 55.5 Å². The minimum atomic E-state index is -1.05. The number of fused-ring (bicyclic) bond motifs is 1. The molecule has 0 N–H and O–H groups in total. The van der Waals surface area contributed by atoms with Crippen molar-refractivity contribution in [3.63, 3.8) is 0 Å². The maximum Gasteiger partial charge on any atom is 0.345 e. The standard InChI is InChI=1S/C22H23FO4/c1-22(2)26-20-13-16(9-10-17(20)21(24)27-22)25-19-11-8-15(12-18(19)23)5-3-4-14-6-7-14/h8-14H,3-7H2,1-2H3. The Kier molecular flexibility index (Phi) is 4.54. The molecule has 4 nitrogen and oxygen atoms in total. The molecule has 1 aliphatic carbocycles. The second-order valence-corrected chi connectivity index (χ2v) is 7.75. The summed E-state index contributed by atoms with van der Waals surface area (Å²) in [6, 6.07) is 9.84. The van der Waals surface area contributed by atoms with Crippen LogP contribution < -0.4 is 9.47 Å². The van der Waals surface area contributed by atoms with E-state index in [1.54, 1.807) is 38.1 Å². The van der Waals surface area contributed by atoms with Crippen molar-refractivity contribution in [2.75, 3.05) is 0 Å². The molecule has 4 rings (SSSR count). The van der Waals surface area contributed by atoms with Crippen molar-refractivity contribution in [2.45, 2.75) is 51.7 Å². The van der Waals surface area contributed by atoms with Crippen LogP contribution in [0.5, 0.6) is 17.2 Å². The van der Waals surface area contributed by atoms with Crippen molar-refractivity contribution in [3.05, 3.63) is 53.3 Å². The van der Waals surface area contributed by atoms with Gasteiger partial charge in [-0.2, -0.15) is 0 Å². The first kappa shape index (κ1) is 17.8. The average molecular weight is 370 g/mol. The number of carbonyl (C=O) groups is 1. The first-order valence-electron chi connectivity index (χ1n) is 9.42. The largest absolute Gasteiger partial charge is 0.454 e. The number of esters is 1. The zero-order valence-corrected chi connectivity index (χ0v) is 15.6. The van der Waals surface area contributed by atoms with Crippen LogP contribution in [0.3, 0.4) is 0 Å². The molecule has 0 bridgehead atoms. The van der Waals surface area contributed by atoms with Crippen LogP contribution in [0, 0.1) is 11.7 Å². The summed E-state index contributed by atoms with van der Waals surface area (Å²) in [5.74, 6) is -0.0717. The number of benzene rings is 2. The van der Waals surface area contributed by atoms with Crippen molar-refractivity contribution in [2.24, 2.45) is 5.92 Å². The minimum Gasteiger partial charge on any atom is -0.454 e. The lowest BCUT2D eigenvalue weighted by atomic mass is 10.1. The minimum absolute atomic E-state index is 0.151. The monoisotopic (exact) mass is 370 g/mol. The van der Waals surface area contributed by atoms with Crippen molar-refractivity contribution >= 4 is 5.97 Å². The van der Waals surface area contributed by atoms with Crippen LogP contribution >= 0.6 is 0 Å². The van der Waals surface area contributed by atoms with Crippen LogP contribution in [-0.4, -0.2) is 11.8 Å². The van der Waals surface area contributed by atoms with Crippen molar-refractivity contribution < 1.29 is 23.4 Å². The van der Waals surface area contributed by atoms with Gasteiger partial charge in [0, 0.05) is 19.9 Å². The molecule has 2 aromatic carbocycles. The molecule has 0 radical (unpaired) electrons. The molecular weight excluding hydrogens is 347 g/mol. The lowest BCUT2D eigenvalue weighted by molar-refractivity contribution is -0.127. The highest BCUT2D eigenvalue weighted by atomic mass is 19.1. The van der Waals surface area contributed by atoms with Gasteiger partial charge < -0.3 is 14.2 Å². The normalized spacial score (nSPS) is 17.7. The van der Waals surface area contributed by atoms with Gasteiger partial charge in [0.05, 0.1) is 0 Å². The predicted molar refractivity (Wildman–Crippen MR) is 98.7 cm³/mol. The topological polar surface area (TPSA) is 44.8 Å². The molecule has 0 spiro atoms. The zero-order chi connectivity index (χ0) is 19.0. The third-order valence-corrected chi connectivity index (χ3v) is 4.87. The van der Waals surface area contributed by atoms with Gasteiger partial charge in [-0.15, -0.1) is 0 Å². The van der Waals surface area contributed by atoms with E-state index in [0.29, 0.717) is 17.1 Å². The first-order valence-corrected chi connectivity index (χ1v) is 9.42. The summed E-state index contributed by atoms with van der Waals surface area (Å²) in [7, 11) is 0. The molecule has 1 fully saturated rings. The highest BCUT2D eigenvalue weighted by Gasteiger charge is 2.34. The molecule has 1 aliphatic heterocycles. The third kappa shape index (κ3) is 4.24. The molecule has 1 heterocycles. The van der Waals surface area contributed by atoms with Crippen molar-refractivity contribution in [3.8, 4) is 17.2 Å². The van der Waals surface area contributed by atoms with Gasteiger partial charge in [0.1, 0.15) is 17.1 Å². The second kappa shape index (κ2) is 6.87. The summed E-state index contributed by atoms with van der Waals surface area (Å²) < 4.78 is 31.0. The van der Waals surface area contributed by atoms with Gasteiger partial charge in [0.15, 0.2) is 11.6 Å². The first-order chi connectivity index (χ1) is 12.9. The number of carbonyl (C=O) groups excluding carboxylic acids is 1. The molecular formula is C22H23FO4. The van der Waals surface area contributed by atoms with Crippen LogP contribution in [0.4, 0.5) is 4.39 Å². The molecule has 1 saturated carbocycles. The SMILES string of the molecule is CC1(C)OC(=O)c2ccc(Oc3ccc(CCCC4CC4)cc3F)cc2O1. The van der Waals surface area contributed by atoms with E-state index in [9.17, 15) is 9.18 Å². The third-order valence-electron chi connectivity index (χ3n) is 4.87. The summed E-state index contributed by atoms with van der Waals surface area (Å²) in [6.45, 7) is 3.31. The maximum atomic E-state index is 14.4. The fourth-order valence-electron chi connectivity index (χ4n) is 3.29. The lowest BCUT2D eigenvalue weighted by Gasteiger charge is -2.31. The Morgan fingerprint density at radius 1 is 1.15 bits per heavy atom.